The molecule has 0 bridgehead atoms. The summed E-state index contributed by atoms with van der Waals surface area (Å²) in [5, 5.41) is 16.1. The largest absolute Gasteiger partial charge is 0.444 e. The maximum Gasteiger partial charge on any atom is 0.416 e. The maximum atomic E-state index is 13.3. The minimum atomic E-state index is -4.75. The summed E-state index contributed by atoms with van der Waals surface area (Å²) < 4.78 is 51.8. The van der Waals surface area contributed by atoms with Crippen LogP contribution < -0.4 is 15.1 Å². The molecule has 4 amide bonds. The van der Waals surface area contributed by atoms with E-state index in [1.165, 1.54) is 47.5 Å². The predicted molar refractivity (Wildman–Crippen MR) is 142 cm³/mol. The summed E-state index contributed by atoms with van der Waals surface area (Å²) in [6, 6.07) is 2.16. The lowest BCUT2D eigenvalue weighted by Gasteiger charge is -2.27. The monoisotopic (exact) mass is 594 g/mol. The molecule has 4 heterocycles. The van der Waals surface area contributed by atoms with Crippen LogP contribution in [0.4, 0.5) is 40.1 Å². The topological polar surface area (TPSA) is 159 Å². The molecule has 1 aliphatic rings. The molecular formula is C25H29F3N8O6. The van der Waals surface area contributed by atoms with Crippen molar-refractivity contribution < 1.29 is 41.8 Å². The van der Waals surface area contributed by atoms with Gasteiger partial charge in [-0.3, -0.25) is 19.3 Å². The summed E-state index contributed by atoms with van der Waals surface area (Å²) >= 11 is 0. The van der Waals surface area contributed by atoms with Crippen LogP contribution in [0.25, 0.3) is 11.5 Å². The first-order chi connectivity index (χ1) is 19.6. The molecule has 3 aromatic heterocycles. The van der Waals surface area contributed by atoms with Crippen LogP contribution in [0, 0.1) is 0 Å². The number of β-amino-alcohol motifs (C(OH)–C–C–N with tert-alkyl or cyclic N) is 1. The molecule has 0 aromatic carbocycles. The van der Waals surface area contributed by atoms with Crippen molar-refractivity contribution >= 4 is 35.4 Å². The van der Waals surface area contributed by atoms with Gasteiger partial charge in [0.2, 0.25) is 5.89 Å². The lowest BCUT2D eigenvalue weighted by atomic mass is 10.2. The van der Waals surface area contributed by atoms with Gasteiger partial charge in [0.15, 0.2) is 11.5 Å². The van der Waals surface area contributed by atoms with Crippen LogP contribution in [0.5, 0.6) is 0 Å². The maximum absolute atomic E-state index is 13.3. The Morgan fingerprint density at radius 3 is 2.64 bits per heavy atom. The Balaban J connectivity index is 1.54. The van der Waals surface area contributed by atoms with E-state index in [4.69, 9.17) is 14.3 Å². The standard InChI is InChI=1S/C25H29F3N8O6/c1-24(2,3)42-23(40)36(14-25(26,27)28)18-11-15(5-6-29-18)21-31-17(13-41-21)20(38)30-16-12-33(4)32-19(16)35-8-7-34(9-10-37)22(35)39/h5-6,11-13,37H,7-10,14H2,1-4H3,(H,30,38). The van der Waals surface area contributed by atoms with E-state index in [9.17, 15) is 27.6 Å². The van der Waals surface area contributed by atoms with Gasteiger partial charge in [0.25, 0.3) is 5.91 Å². The van der Waals surface area contributed by atoms with E-state index < -0.39 is 30.3 Å². The number of nitrogens with one attached hydrogen (secondary N) is 1. The summed E-state index contributed by atoms with van der Waals surface area (Å²) in [6.07, 6.45) is -2.29. The Morgan fingerprint density at radius 1 is 1.24 bits per heavy atom. The molecule has 0 saturated carbocycles. The minimum absolute atomic E-state index is 0.124. The number of amides is 4. The average molecular weight is 595 g/mol. The first kappa shape index (κ1) is 30.3. The predicted octanol–water partition coefficient (Wildman–Crippen LogP) is 3.26. The molecule has 226 valence electrons. The number of oxazole rings is 1. The molecule has 0 spiro atoms. The molecule has 4 rings (SSSR count). The number of aromatic nitrogens is 4. The number of carbonyl (C=O) groups is 3. The highest BCUT2D eigenvalue weighted by molar-refractivity contribution is 6.06. The van der Waals surface area contributed by atoms with Crippen LogP contribution in [0.3, 0.4) is 0 Å². The van der Waals surface area contributed by atoms with Crippen LogP contribution in [0.2, 0.25) is 0 Å². The third-order valence-electron chi connectivity index (χ3n) is 5.74. The molecule has 0 atom stereocenters. The fourth-order valence-corrected chi connectivity index (χ4v) is 4.00. The molecule has 2 N–H and O–H groups in total. The molecular weight excluding hydrogens is 565 g/mol. The van der Waals surface area contributed by atoms with Crippen molar-refractivity contribution in [1.82, 2.24) is 24.6 Å². The van der Waals surface area contributed by atoms with Gasteiger partial charge < -0.3 is 24.5 Å². The van der Waals surface area contributed by atoms with Gasteiger partial charge in [0.05, 0.1) is 12.8 Å². The number of pyridine rings is 1. The lowest BCUT2D eigenvalue weighted by Crippen LogP contribution is -2.42. The molecule has 3 aromatic rings. The number of halogens is 3. The fourth-order valence-electron chi connectivity index (χ4n) is 4.00. The Morgan fingerprint density at radius 2 is 1.98 bits per heavy atom. The van der Waals surface area contributed by atoms with E-state index >= 15 is 0 Å². The fraction of sp³-hybridized carbons (Fsp3) is 0.440. The van der Waals surface area contributed by atoms with Gasteiger partial charge in [-0.05, 0) is 32.9 Å². The van der Waals surface area contributed by atoms with Crippen molar-refractivity contribution in [1.29, 1.82) is 0 Å². The van der Waals surface area contributed by atoms with Gasteiger partial charge in [0, 0.05) is 38.4 Å². The number of rotatable bonds is 8. The number of carbonyl (C=O) groups excluding carboxylic acids is 3. The molecule has 14 nitrogen and oxygen atoms in total. The third kappa shape index (κ3) is 7.15. The Kier molecular flexibility index (Phi) is 8.42. The molecule has 1 aliphatic heterocycles. The summed E-state index contributed by atoms with van der Waals surface area (Å²) in [4.78, 5) is 49.5. The van der Waals surface area contributed by atoms with Gasteiger partial charge in [-0.15, -0.1) is 0 Å². The van der Waals surface area contributed by atoms with Crippen molar-refractivity contribution in [2.24, 2.45) is 7.05 Å². The molecule has 1 fully saturated rings. The number of hydrogen-bond acceptors (Lipinski definition) is 9. The zero-order valence-electron chi connectivity index (χ0n) is 23.2. The average Bonchev–Trinajstić information content (AvgIpc) is 3.61. The van der Waals surface area contributed by atoms with E-state index in [0.717, 1.165) is 18.5 Å². The highest BCUT2D eigenvalue weighted by Gasteiger charge is 2.37. The van der Waals surface area contributed by atoms with E-state index in [1.54, 1.807) is 7.05 Å². The van der Waals surface area contributed by atoms with Gasteiger partial charge in [-0.2, -0.15) is 18.3 Å². The highest BCUT2D eigenvalue weighted by atomic mass is 19.4. The van der Waals surface area contributed by atoms with E-state index in [-0.39, 0.29) is 53.7 Å². The SMILES string of the molecule is Cn1cc(NC(=O)c2coc(-c3ccnc(N(CC(F)(F)F)C(=O)OC(C)(C)C)c3)n2)c(N2CCN(CCO)C2=O)n1. The smallest absolute Gasteiger partial charge is 0.416 e. The Labute approximate surface area is 237 Å². The van der Waals surface area contributed by atoms with Crippen molar-refractivity contribution in [3.8, 4) is 11.5 Å². The molecule has 42 heavy (non-hydrogen) atoms. The van der Waals surface area contributed by atoms with Gasteiger partial charge in [-0.1, -0.05) is 0 Å². The molecule has 17 heteroatoms. The number of aliphatic hydroxyl groups is 1. The number of hydrogen-bond donors (Lipinski definition) is 2. The summed E-state index contributed by atoms with van der Waals surface area (Å²) in [7, 11) is 1.61. The van der Waals surface area contributed by atoms with Crippen LogP contribution in [0.15, 0.2) is 35.2 Å². The first-order valence-electron chi connectivity index (χ1n) is 12.7. The zero-order chi connectivity index (χ0) is 30.8. The van der Waals surface area contributed by atoms with Gasteiger partial charge >= 0.3 is 18.3 Å². The number of ether oxygens (including phenoxy) is 1. The molecule has 0 radical (unpaired) electrons. The summed E-state index contributed by atoms with van der Waals surface area (Å²) in [6.45, 7) is 3.54. The number of nitrogens with zero attached hydrogens (tertiary/aromatic N) is 7. The van der Waals surface area contributed by atoms with Crippen molar-refractivity contribution in [2.45, 2.75) is 32.5 Å². The lowest BCUT2D eigenvalue weighted by molar-refractivity contribution is -0.119. The van der Waals surface area contributed by atoms with Crippen LogP contribution >= 0.6 is 0 Å². The number of alkyl halides is 3. The van der Waals surface area contributed by atoms with E-state index in [1.807, 2.05) is 0 Å². The molecule has 1 saturated heterocycles. The van der Waals surface area contributed by atoms with E-state index in [2.05, 4.69) is 20.4 Å². The second-order valence-corrected chi connectivity index (χ2v) is 10.3. The Bertz CT molecular complexity index is 1460. The number of aliphatic hydroxyl groups excluding tert-OH is 1. The summed E-state index contributed by atoms with van der Waals surface area (Å²) in [5.41, 5.74) is -0.869. The highest BCUT2D eigenvalue weighted by Crippen LogP contribution is 2.29. The molecule has 0 aliphatic carbocycles. The van der Waals surface area contributed by atoms with Gasteiger partial charge in [0.1, 0.15) is 29.9 Å². The van der Waals surface area contributed by atoms with Crippen molar-refractivity contribution in [3.05, 3.63) is 36.5 Å². The quantitative estimate of drug-likeness (QED) is 0.399. The first-order valence-corrected chi connectivity index (χ1v) is 12.7. The van der Waals surface area contributed by atoms with Crippen LogP contribution in [-0.2, 0) is 11.8 Å². The van der Waals surface area contributed by atoms with Crippen molar-refractivity contribution in [2.75, 3.05) is 47.9 Å². The minimum Gasteiger partial charge on any atom is -0.444 e. The van der Waals surface area contributed by atoms with E-state index in [0.29, 0.717) is 18.0 Å². The number of urea groups is 1. The Hall–Kier alpha value is -4.67. The second kappa shape index (κ2) is 11.7. The normalized spacial score (nSPS) is 14.0. The zero-order valence-corrected chi connectivity index (χ0v) is 23.2. The van der Waals surface area contributed by atoms with Gasteiger partial charge in [-0.25, -0.2) is 19.6 Å². The number of aryl methyl sites for hydroxylation is 1. The number of anilines is 3. The van der Waals surface area contributed by atoms with Crippen LogP contribution in [-0.4, -0.2) is 92.3 Å². The van der Waals surface area contributed by atoms with Crippen molar-refractivity contribution in [3.63, 3.8) is 0 Å². The second-order valence-electron chi connectivity index (χ2n) is 10.3. The summed E-state index contributed by atoms with van der Waals surface area (Å²) in [5.74, 6) is -1.000. The molecule has 0 unspecified atom stereocenters. The van der Waals surface area contributed by atoms with Crippen LogP contribution in [0.1, 0.15) is 31.3 Å². The third-order valence-corrected chi connectivity index (χ3v) is 5.74.